The predicted molar refractivity (Wildman–Crippen MR) is 118 cm³/mol. The van der Waals surface area contributed by atoms with Crippen molar-refractivity contribution < 1.29 is 4.79 Å². The fourth-order valence-corrected chi connectivity index (χ4v) is 4.22. The van der Waals surface area contributed by atoms with E-state index in [1.54, 1.807) is 12.1 Å². The van der Waals surface area contributed by atoms with Crippen LogP contribution in [0.15, 0.2) is 29.3 Å². The van der Waals surface area contributed by atoms with Gasteiger partial charge in [-0.15, -0.1) is 24.0 Å². The van der Waals surface area contributed by atoms with E-state index in [1.807, 2.05) is 19.2 Å². The van der Waals surface area contributed by atoms with Gasteiger partial charge in [0.2, 0.25) is 0 Å². The second-order valence-corrected chi connectivity index (χ2v) is 7.33. The molecule has 2 atom stereocenters. The van der Waals surface area contributed by atoms with Crippen LogP contribution in [0.2, 0.25) is 5.02 Å². The molecular weight excluding hydrogens is 463 g/mol. The lowest BCUT2D eigenvalue weighted by atomic mass is 9.82. The number of benzene rings is 1. The first-order valence-electron chi connectivity index (χ1n) is 9.17. The first-order valence-corrected chi connectivity index (χ1v) is 9.55. The lowest BCUT2D eigenvalue weighted by molar-refractivity contribution is 0.0954. The summed E-state index contributed by atoms with van der Waals surface area (Å²) in [4.78, 5) is 18.9. The van der Waals surface area contributed by atoms with Crippen molar-refractivity contribution in [3.63, 3.8) is 0 Å². The zero-order chi connectivity index (χ0) is 17.6. The maximum Gasteiger partial charge on any atom is 0.252 e. The van der Waals surface area contributed by atoms with Crippen molar-refractivity contribution in [1.82, 2.24) is 15.5 Å². The summed E-state index contributed by atoms with van der Waals surface area (Å²) >= 11 is 6.05. The fourth-order valence-electron chi connectivity index (χ4n) is 4.00. The standard InChI is InChI=1S/C19H27ClN4O.HI/c1-21-19(24-12-14-6-2-3-7-15(14)13-24)23-11-10-22-18(25)16-8-4-5-9-17(16)20;/h4-5,8-9,14-15H,2-3,6-7,10-13H2,1H3,(H,21,23)(H,22,25);1H. The van der Waals surface area contributed by atoms with E-state index in [4.69, 9.17) is 11.6 Å². The van der Waals surface area contributed by atoms with Gasteiger partial charge < -0.3 is 15.5 Å². The average molecular weight is 491 g/mol. The number of rotatable bonds is 4. The van der Waals surface area contributed by atoms with Crippen LogP contribution in [0.5, 0.6) is 0 Å². The van der Waals surface area contributed by atoms with E-state index in [0.29, 0.717) is 23.7 Å². The summed E-state index contributed by atoms with van der Waals surface area (Å²) in [7, 11) is 1.83. The highest BCUT2D eigenvalue weighted by Crippen LogP contribution is 2.35. The van der Waals surface area contributed by atoms with Gasteiger partial charge in [0.15, 0.2) is 5.96 Å². The molecule has 2 unspecified atom stereocenters. The maximum absolute atomic E-state index is 12.1. The van der Waals surface area contributed by atoms with Gasteiger partial charge in [-0.2, -0.15) is 0 Å². The minimum absolute atomic E-state index is 0. The Morgan fingerprint density at radius 1 is 1.15 bits per heavy atom. The Kier molecular flexibility index (Phi) is 8.47. The largest absolute Gasteiger partial charge is 0.354 e. The topological polar surface area (TPSA) is 56.7 Å². The van der Waals surface area contributed by atoms with E-state index >= 15 is 0 Å². The summed E-state index contributed by atoms with van der Waals surface area (Å²) in [6, 6.07) is 7.09. The van der Waals surface area contributed by atoms with Crippen LogP contribution in [0.1, 0.15) is 36.0 Å². The summed E-state index contributed by atoms with van der Waals surface area (Å²) in [5.41, 5.74) is 0.511. The Balaban J connectivity index is 0.00000243. The minimum atomic E-state index is -0.144. The molecule has 26 heavy (non-hydrogen) atoms. The van der Waals surface area contributed by atoms with E-state index in [-0.39, 0.29) is 29.9 Å². The van der Waals surface area contributed by atoms with Crippen LogP contribution in [0.3, 0.4) is 0 Å². The van der Waals surface area contributed by atoms with Crippen LogP contribution in [-0.4, -0.2) is 50.0 Å². The number of nitrogens with one attached hydrogen (secondary N) is 2. The van der Waals surface area contributed by atoms with Gasteiger partial charge in [0, 0.05) is 33.2 Å². The molecule has 3 rings (SSSR count). The molecule has 1 amide bonds. The molecule has 7 heteroatoms. The number of aliphatic imine (C=N–C) groups is 1. The first-order chi connectivity index (χ1) is 12.2. The predicted octanol–water partition coefficient (Wildman–Crippen LogP) is 3.39. The van der Waals surface area contributed by atoms with Crippen molar-refractivity contribution in [3.8, 4) is 0 Å². The Bertz CT molecular complexity index is 626. The van der Waals surface area contributed by atoms with Crippen LogP contribution >= 0.6 is 35.6 Å². The molecule has 144 valence electrons. The molecular formula is C19H28ClIN4O. The van der Waals surface area contributed by atoms with Gasteiger partial charge in [0.05, 0.1) is 10.6 Å². The molecule has 1 aromatic rings. The van der Waals surface area contributed by atoms with E-state index in [0.717, 1.165) is 30.9 Å². The number of halogens is 2. The fraction of sp³-hybridized carbons (Fsp3) is 0.579. The van der Waals surface area contributed by atoms with Gasteiger partial charge >= 0.3 is 0 Å². The SMILES string of the molecule is CN=C(NCCNC(=O)c1ccccc1Cl)N1CC2CCCCC2C1.I. The van der Waals surface area contributed by atoms with Crippen LogP contribution in [-0.2, 0) is 0 Å². The van der Waals surface area contributed by atoms with Crippen molar-refractivity contribution in [2.75, 3.05) is 33.2 Å². The molecule has 1 saturated heterocycles. The quantitative estimate of drug-likeness (QED) is 0.294. The van der Waals surface area contributed by atoms with Crippen molar-refractivity contribution in [1.29, 1.82) is 0 Å². The van der Waals surface area contributed by atoms with Gasteiger partial charge in [-0.1, -0.05) is 36.6 Å². The molecule has 2 fully saturated rings. The number of nitrogens with zero attached hydrogens (tertiary/aromatic N) is 2. The smallest absolute Gasteiger partial charge is 0.252 e. The summed E-state index contributed by atoms with van der Waals surface area (Å²) < 4.78 is 0. The number of carbonyl (C=O) groups is 1. The second kappa shape index (κ2) is 10.3. The van der Waals surface area contributed by atoms with Crippen LogP contribution in [0.25, 0.3) is 0 Å². The molecule has 2 aliphatic rings. The number of hydrogen-bond acceptors (Lipinski definition) is 2. The third-order valence-corrected chi connectivity index (χ3v) is 5.63. The Morgan fingerprint density at radius 3 is 2.38 bits per heavy atom. The average Bonchev–Trinajstić information content (AvgIpc) is 3.05. The molecule has 0 aromatic heterocycles. The van der Waals surface area contributed by atoms with Crippen molar-refractivity contribution in [3.05, 3.63) is 34.9 Å². The number of hydrogen-bond donors (Lipinski definition) is 2. The number of fused-ring (bicyclic) bond motifs is 1. The maximum atomic E-state index is 12.1. The zero-order valence-corrected chi connectivity index (χ0v) is 18.3. The van der Waals surface area contributed by atoms with E-state index < -0.39 is 0 Å². The van der Waals surface area contributed by atoms with E-state index in [9.17, 15) is 4.79 Å². The molecule has 1 aromatic carbocycles. The Labute approximate surface area is 178 Å². The minimum Gasteiger partial charge on any atom is -0.354 e. The summed E-state index contributed by atoms with van der Waals surface area (Å²) in [6.45, 7) is 3.39. The molecule has 1 aliphatic heterocycles. The summed E-state index contributed by atoms with van der Waals surface area (Å²) in [5.74, 6) is 2.45. The summed E-state index contributed by atoms with van der Waals surface area (Å²) in [5, 5.41) is 6.75. The lowest BCUT2D eigenvalue weighted by Crippen LogP contribution is -2.43. The van der Waals surface area contributed by atoms with Gasteiger partial charge in [-0.3, -0.25) is 9.79 Å². The molecule has 1 saturated carbocycles. The monoisotopic (exact) mass is 490 g/mol. The molecule has 5 nitrogen and oxygen atoms in total. The van der Waals surface area contributed by atoms with Crippen molar-refractivity contribution in [2.45, 2.75) is 25.7 Å². The lowest BCUT2D eigenvalue weighted by Gasteiger charge is -2.22. The molecule has 1 aliphatic carbocycles. The zero-order valence-electron chi connectivity index (χ0n) is 15.2. The molecule has 0 spiro atoms. The number of likely N-dealkylation sites (tertiary alicyclic amines) is 1. The van der Waals surface area contributed by atoms with Gasteiger partial charge in [0.1, 0.15) is 0 Å². The van der Waals surface area contributed by atoms with Crippen molar-refractivity contribution in [2.24, 2.45) is 16.8 Å². The van der Waals surface area contributed by atoms with E-state index in [1.165, 1.54) is 25.7 Å². The normalized spacial score (nSPS) is 22.4. The molecule has 1 heterocycles. The second-order valence-electron chi connectivity index (χ2n) is 6.92. The first kappa shape index (κ1) is 21.3. The third kappa shape index (κ3) is 5.25. The Morgan fingerprint density at radius 2 is 1.77 bits per heavy atom. The highest BCUT2D eigenvalue weighted by atomic mass is 127. The number of amides is 1. The van der Waals surface area contributed by atoms with Crippen LogP contribution < -0.4 is 10.6 Å². The van der Waals surface area contributed by atoms with E-state index in [2.05, 4.69) is 20.5 Å². The number of guanidine groups is 1. The highest BCUT2D eigenvalue weighted by molar-refractivity contribution is 14.0. The summed E-state index contributed by atoms with van der Waals surface area (Å²) in [6.07, 6.45) is 5.45. The number of carbonyl (C=O) groups excluding carboxylic acids is 1. The van der Waals surface area contributed by atoms with Gasteiger partial charge in [0.25, 0.3) is 5.91 Å². The van der Waals surface area contributed by atoms with Gasteiger partial charge in [-0.05, 0) is 36.8 Å². The highest BCUT2D eigenvalue weighted by Gasteiger charge is 2.35. The molecule has 2 N–H and O–H groups in total. The van der Waals surface area contributed by atoms with Crippen LogP contribution in [0.4, 0.5) is 0 Å². The molecule has 0 bridgehead atoms. The van der Waals surface area contributed by atoms with Crippen molar-refractivity contribution >= 4 is 47.4 Å². The third-order valence-electron chi connectivity index (χ3n) is 5.30. The molecule has 0 radical (unpaired) electrons. The van der Waals surface area contributed by atoms with Crippen LogP contribution in [0, 0.1) is 11.8 Å². The van der Waals surface area contributed by atoms with Gasteiger partial charge in [-0.25, -0.2) is 0 Å². The Hall–Kier alpha value is -1.02.